The number of fused-ring (bicyclic) bond motifs is 1. The van der Waals surface area contributed by atoms with Crippen LogP contribution in [0.2, 0.25) is 0 Å². The lowest BCUT2D eigenvalue weighted by Gasteiger charge is -2.08. The highest BCUT2D eigenvalue weighted by Crippen LogP contribution is 2.16. The van der Waals surface area contributed by atoms with E-state index in [9.17, 15) is 9.59 Å². The molecular weight excluding hydrogens is 318 g/mol. The monoisotopic (exact) mass is 337 g/mol. The lowest BCUT2D eigenvalue weighted by Crippen LogP contribution is -2.34. The predicted molar refractivity (Wildman–Crippen MR) is 96.0 cm³/mol. The Balaban J connectivity index is 1.50. The number of amides is 2. The zero-order valence-electron chi connectivity index (χ0n) is 13.8. The molecule has 0 saturated heterocycles. The Morgan fingerprint density at radius 2 is 1.68 bits per heavy atom. The summed E-state index contributed by atoms with van der Waals surface area (Å²) in [7, 11) is 1.57. The first-order valence-electron chi connectivity index (χ1n) is 7.95. The Hall–Kier alpha value is -3.28. The lowest BCUT2D eigenvalue weighted by molar-refractivity contribution is 0.0928. The molecule has 0 spiro atoms. The van der Waals surface area contributed by atoms with E-state index in [2.05, 4.69) is 15.6 Å². The number of carbonyl (C=O) groups excluding carboxylic acids is 2. The van der Waals surface area contributed by atoms with E-state index < -0.39 is 0 Å². The van der Waals surface area contributed by atoms with Crippen LogP contribution in [0, 0.1) is 0 Å². The average Bonchev–Trinajstić information content (AvgIpc) is 3.13. The Bertz CT molecular complexity index is 884. The molecule has 1 heterocycles. The number of methoxy groups -OCH3 is 1. The summed E-state index contributed by atoms with van der Waals surface area (Å²) in [5, 5.41) is 6.57. The number of benzene rings is 2. The summed E-state index contributed by atoms with van der Waals surface area (Å²) < 4.78 is 5.06. The van der Waals surface area contributed by atoms with E-state index in [0.29, 0.717) is 30.0 Å². The van der Waals surface area contributed by atoms with E-state index in [1.54, 1.807) is 43.6 Å². The number of nitrogens with one attached hydrogen (secondary N) is 3. The molecule has 0 unspecified atom stereocenters. The fourth-order valence-electron chi connectivity index (χ4n) is 2.57. The second-order valence-corrected chi connectivity index (χ2v) is 5.49. The van der Waals surface area contributed by atoms with Gasteiger partial charge in [-0.15, -0.1) is 0 Å². The summed E-state index contributed by atoms with van der Waals surface area (Å²) >= 11 is 0. The minimum atomic E-state index is -0.191. The number of hydrogen-bond acceptors (Lipinski definition) is 3. The molecule has 3 rings (SSSR count). The van der Waals surface area contributed by atoms with Crippen LogP contribution < -0.4 is 15.4 Å². The van der Waals surface area contributed by atoms with Gasteiger partial charge in [-0.25, -0.2) is 0 Å². The van der Waals surface area contributed by atoms with Crippen LogP contribution in [0.3, 0.4) is 0 Å². The molecule has 0 aliphatic heterocycles. The number of ether oxygens (including phenoxy) is 1. The van der Waals surface area contributed by atoms with Gasteiger partial charge >= 0.3 is 0 Å². The fourth-order valence-corrected chi connectivity index (χ4v) is 2.57. The van der Waals surface area contributed by atoms with Crippen molar-refractivity contribution in [3.8, 4) is 5.75 Å². The SMILES string of the molecule is COc1ccc(C(=O)NCCNC(=O)c2cccc3cc[nH]c23)cc1. The van der Waals surface area contributed by atoms with E-state index in [-0.39, 0.29) is 11.8 Å². The van der Waals surface area contributed by atoms with E-state index >= 15 is 0 Å². The van der Waals surface area contributed by atoms with Gasteiger partial charge < -0.3 is 20.4 Å². The number of rotatable bonds is 6. The molecule has 1 aromatic heterocycles. The molecule has 25 heavy (non-hydrogen) atoms. The number of hydrogen-bond donors (Lipinski definition) is 3. The number of aromatic nitrogens is 1. The number of aromatic amines is 1. The van der Waals surface area contributed by atoms with Crippen LogP contribution in [0.15, 0.2) is 54.7 Å². The number of para-hydroxylation sites is 1. The van der Waals surface area contributed by atoms with Crippen LogP contribution in [-0.4, -0.2) is 37.0 Å². The third kappa shape index (κ3) is 3.80. The molecule has 0 atom stereocenters. The van der Waals surface area contributed by atoms with Gasteiger partial charge in [0.1, 0.15) is 5.75 Å². The van der Waals surface area contributed by atoms with E-state index in [0.717, 1.165) is 10.9 Å². The van der Waals surface area contributed by atoms with Crippen LogP contribution in [0.4, 0.5) is 0 Å². The average molecular weight is 337 g/mol. The molecule has 0 aliphatic carbocycles. The smallest absolute Gasteiger partial charge is 0.253 e. The molecule has 2 aromatic carbocycles. The third-order valence-electron chi connectivity index (χ3n) is 3.88. The highest BCUT2D eigenvalue weighted by molar-refractivity contribution is 6.05. The second-order valence-electron chi connectivity index (χ2n) is 5.49. The van der Waals surface area contributed by atoms with Gasteiger partial charge in [-0.2, -0.15) is 0 Å². The molecule has 3 aromatic rings. The Morgan fingerprint density at radius 1 is 0.960 bits per heavy atom. The van der Waals surface area contributed by atoms with Crippen LogP contribution in [0.5, 0.6) is 5.75 Å². The Morgan fingerprint density at radius 3 is 2.40 bits per heavy atom. The molecule has 0 aliphatic rings. The zero-order valence-corrected chi connectivity index (χ0v) is 13.8. The maximum absolute atomic E-state index is 12.3. The predicted octanol–water partition coefficient (Wildman–Crippen LogP) is 2.34. The third-order valence-corrected chi connectivity index (χ3v) is 3.88. The van der Waals surface area contributed by atoms with Crippen molar-refractivity contribution >= 4 is 22.7 Å². The van der Waals surface area contributed by atoms with Gasteiger partial charge in [0, 0.05) is 30.2 Å². The molecule has 6 nitrogen and oxygen atoms in total. The lowest BCUT2D eigenvalue weighted by atomic mass is 10.1. The van der Waals surface area contributed by atoms with Gasteiger partial charge in [-0.05, 0) is 36.4 Å². The van der Waals surface area contributed by atoms with Crippen molar-refractivity contribution in [1.82, 2.24) is 15.6 Å². The molecule has 0 fully saturated rings. The van der Waals surface area contributed by atoms with Gasteiger partial charge in [0.2, 0.25) is 0 Å². The molecule has 3 N–H and O–H groups in total. The minimum Gasteiger partial charge on any atom is -0.497 e. The highest BCUT2D eigenvalue weighted by Gasteiger charge is 2.10. The summed E-state index contributed by atoms with van der Waals surface area (Å²) in [5.74, 6) is 0.331. The van der Waals surface area contributed by atoms with Crippen LogP contribution in [0.1, 0.15) is 20.7 Å². The Labute approximate surface area is 145 Å². The van der Waals surface area contributed by atoms with Crippen LogP contribution in [0.25, 0.3) is 10.9 Å². The largest absolute Gasteiger partial charge is 0.497 e. The highest BCUT2D eigenvalue weighted by atomic mass is 16.5. The molecule has 0 bridgehead atoms. The van der Waals surface area contributed by atoms with E-state index in [4.69, 9.17) is 4.74 Å². The van der Waals surface area contributed by atoms with Gasteiger partial charge in [-0.1, -0.05) is 12.1 Å². The first kappa shape index (κ1) is 16.6. The van der Waals surface area contributed by atoms with Gasteiger partial charge in [0.15, 0.2) is 0 Å². The van der Waals surface area contributed by atoms with Gasteiger partial charge in [0.05, 0.1) is 18.2 Å². The first-order valence-corrected chi connectivity index (χ1v) is 7.95. The molecule has 6 heteroatoms. The molecule has 128 valence electrons. The standard InChI is InChI=1S/C19H19N3O3/c1-25-15-7-5-14(6-8-15)18(23)21-11-12-22-19(24)16-4-2-3-13-9-10-20-17(13)16/h2-10,20H,11-12H2,1H3,(H,21,23)(H,22,24). The van der Waals surface area contributed by atoms with Crippen molar-refractivity contribution in [3.05, 3.63) is 65.9 Å². The van der Waals surface area contributed by atoms with Crippen LogP contribution in [-0.2, 0) is 0 Å². The second kappa shape index (κ2) is 7.53. The molecule has 0 saturated carbocycles. The van der Waals surface area contributed by atoms with Crippen LogP contribution >= 0.6 is 0 Å². The van der Waals surface area contributed by atoms with Crippen molar-refractivity contribution in [2.24, 2.45) is 0 Å². The van der Waals surface area contributed by atoms with Crippen molar-refractivity contribution in [1.29, 1.82) is 0 Å². The van der Waals surface area contributed by atoms with E-state index in [1.807, 2.05) is 18.2 Å². The molecule has 2 amide bonds. The van der Waals surface area contributed by atoms with Crippen molar-refractivity contribution < 1.29 is 14.3 Å². The summed E-state index contributed by atoms with van der Waals surface area (Å²) in [6.07, 6.45) is 1.80. The van der Waals surface area contributed by atoms with E-state index in [1.165, 1.54) is 0 Å². The normalized spacial score (nSPS) is 10.4. The first-order chi connectivity index (χ1) is 12.2. The van der Waals surface area contributed by atoms with Gasteiger partial charge in [-0.3, -0.25) is 9.59 Å². The molecular formula is C19H19N3O3. The van der Waals surface area contributed by atoms with Gasteiger partial charge in [0.25, 0.3) is 11.8 Å². The maximum atomic E-state index is 12.3. The zero-order chi connectivity index (χ0) is 17.6. The number of carbonyl (C=O) groups is 2. The summed E-state index contributed by atoms with van der Waals surface area (Å²) in [5.41, 5.74) is 1.94. The van der Waals surface area contributed by atoms with Crippen molar-refractivity contribution in [2.45, 2.75) is 0 Å². The van der Waals surface area contributed by atoms with Crippen molar-refractivity contribution in [3.63, 3.8) is 0 Å². The molecule has 0 radical (unpaired) electrons. The summed E-state index contributed by atoms with van der Waals surface area (Å²) in [4.78, 5) is 27.4. The van der Waals surface area contributed by atoms with Crippen molar-refractivity contribution in [2.75, 3.05) is 20.2 Å². The fraction of sp³-hybridized carbons (Fsp3) is 0.158. The minimum absolute atomic E-state index is 0.174. The quantitative estimate of drug-likeness (QED) is 0.604. The maximum Gasteiger partial charge on any atom is 0.253 e. The summed E-state index contributed by atoms with van der Waals surface area (Å²) in [6, 6.07) is 14.3. The summed E-state index contributed by atoms with van der Waals surface area (Å²) in [6.45, 7) is 0.690. The Kier molecular flexibility index (Phi) is 4.99. The topological polar surface area (TPSA) is 83.2 Å². The number of H-pyrrole nitrogens is 1.